The van der Waals surface area contributed by atoms with Gasteiger partial charge < -0.3 is 14.4 Å². The van der Waals surface area contributed by atoms with Crippen LogP contribution in [0.5, 0.6) is 5.75 Å². The number of methoxy groups -OCH3 is 2. The van der Waals surface area contributed by atoms with Crippen LogP contribution in [-0.2, 0) is 20.9 Å². The first kappa shape index (κ1) is 18.7. The highest BCUT2D eigenvalue weighted by molar-refractivity contribution is 5.87. The predicted octanol–water partition coefficient (Wildman–Crippen LogP) is 2.21. The minimum atomic E-state index is -0.589. The van der Waals surface area contributed by atoms with E-state index in [-0.39, 0.29) is 17.9 Å². The molecule has 0 saturated carbocycles. The number of benzene rings is 1. The lowest BCUT2D eigenvalue weighted by molar-refractivity contribution is -0.153. The Bertz CT molecular complexity index is 660. The number of carbonyl (C=O) groups is 2. The first-order valence-electron chi connectivity index (χ1n) is 9.32. The summed E-state index contributed by atoms with van der Waals surface area (Å²) < 4.78 is 10.2. The van der Waals surface area contributed by atoms with Gasteiger partial charge in [0.15, 0.2) is 0 Å². The molecule has 1 aromatic carbocycles. The minimum absolute atomic E-state index is 0.107. The average Bonchev–Trinajstić information content (AvgIpc) is 3.25. The first-order chi connectivity index (χ1) is 12.6. The van der Waals surface area contributed by atoms with Crippen molar-refractivity contribution in [2.75, 3.05) is 27.3 Å². The van der Waals surface area contributed by atoms with E-state index < -0.39 is 5.54 Å². The zero-order chi connectivity index (χ0) is 18.7. The van der Waals surface area contributed by atoms with Gasteiger partial charge in [-0.2, -0.15) is 0 Å². The normalized spacial score (nSPS) is 25.0. The van der Waals surface area contributed by atoms with Crippen molar-refractivity contribution in [3.63, 3.8) is 0 Å². The van der Waals surface area contributed by atoms with Gasteiger partial charge in [0.25, 0.3) is 0 Å². The molecule has 0 bridgehead atoms. The van der Waals surface area contributed by atoms with Crippen LogP contribution >= 0.6 is 0 Å². The summed E-state index contributed by atoms with van der Waals surface area (Å²) in [6.45, 7) is 3.98. The molecule has 2 saturated heterocycles. The maximum atomic E-state index is 13.2. The van der Waals surface area contributed by atoms with Crippen LogP contribution in [0.4, 0.5) is 0 Å². The van der Waals surface area contributed by atoms with Crippen LogP contribution in [0.15, 0.2) is 24.3 Å². The van der Waals surface area contributed by atoms with E-state index in [2.05, 4.69) is 4.90 Å². The molecule has 142 valence electrons. The van der Waals surface area contributed by atoms with Gasteiger partial charge in [-0.25, -0.2) is 0 Å². The summed E-state index contributed by atoms with van der Waals surface area (Å²) in [5.74, 6) is 0.721. The molecule has 1 amide bonds. The summed E-state index contributed by atoms with van der Waals surface area (Å²) >= 11 is 0. The van der Waals surface area contributed by atoms with Crippen molar-refractivity contribution in [2.24, 2.45) is 0 Å². The molecule has 2 heterocycles. The summed E-state index contributed by atoms with van der Waals surface area (Å²) in [7, 11) is 3.07. The topological polar surface area (TPSA) is 59.1 Å². The molecule has 26 heavy (non-hydrogen) atoms. The van der Waals surface area contributed by atoms with Gasteiger partial charge >= 0.3 is 5.97 Å². The summed E-state index contributed by atoms with van der Waals surface area (Å²) in [4.78, 5) is 29.6. The second kappa shape index (κ2) is 7.66. The number of rotatable bonds is 6. The molecule has 3 rings (SSSR count). The van der Waals surface area contributed by atoms with Gasteiger partial charge in [0.2, 0.25) is 5.91 Å². The molecule has 0 aromatic heterocycles. The van der Waals surface area contributed by atoms with Gasteiger partial charge in [-0.15, -0.1) is 0 Å². The molecule has 2 atom stereocenters. The Hall–Kier alpha value is -2.08. The lowest BCUT2D eigenvalue weighted by Gasteiger charge is -2.34. The fourth-order valence-electron chi connectivity index (χ4n) is 4.43. The van der Waals surface area contributed by atoms with Crippen LogP contribution in [0, 0.1) is 0 Å². The standard InChI is InChI=1S/C20H28N2O4/c1-4-21(14-15-6-8-16(25-2)9-7-15)18(23)17-10-12-20(19(24)26-3)11-5-13-22(17)20/h6-9,17H,4-5,10-14H2,1-3H3/t17-,20+/m1/s1. The highest BCUT2D eigenvalue weighted by Crippen LogP contribution is 2.43. The molecule has 0 spiro atoms. The molecule has 2 fully saturated rings. The van der Waals surface area contributed by atoms with E-state index >= 15 is 0 Å². The monoisotopic (exact) mass is 360 g/mol. The van der Waals surface area contributed by atoms with Crippen LogP contribution in [0.1, 0.15) is 38.2 Å². The van der Waals surface area contributed by atoms with E-state index in [1.165, 1.54) is 7.11 Å². The maximum absolute atomic E-state index is 13.2. The van der Waals surface area contributed by atoms with E-state index in [9.17, 15) is 9.59 Å². The summed E-state index contributed by atoms with van der Waals surface area (Å²) in [5, 5.41) is 0. The van der Waals surface area contributed by atoms with E-state index in [1.54, 1.807) is 7.11 Å². The Kier molecular flexibility index (Phi) is 5.51. The van der Waals surface area contributed by atoms with Crippen molar-refractivity contribution in [3.8, 4) is 5.75 Å². The molecule has 0 N–H and O–H groups in total. The predicted molar refractivity (Wildman–Crippen MR) is 97.8 cm³/mol. The zero-order valence-electron chi connectivity index (χ0n) is 15.9. The zero-order valence-corrected chi connectivity index (χ0v) is 15.9. The smallest absolute Gasteiger partial charge is 0.326 e. The molecule has 6 nitrogen and oxygen atoms in total. The van der Waals surface area contributed by atoms with Crippen molar-refractivity contribution >= 4 is 11.9 Å². The third kappa shape index (κ3) is 3.18. The number of hydrogen-bond donors (Lipinski definition) is 0. The van der Waals surface area contributed by atoms with Gasteiger partial charge in [0.1, 0.15) is 11.3 Å². The second-order valence-electron chi connectivity index (χ2n) is 7.08. The molecule has 0 unspecified atom stereocenters. The minimum Gasteiger partial charge on any atom is -0.497 e. The number of hydrogen-bond acceptors (Lipinski definition) is 5. The van der Waals surface area contributed by atoms with Crippen LogP contribution in [0.25, 0.3) is 0 Å². The third-order valence-corrected chi connectivity index (χ3v) is 5.82. The average molecular weight is 360 g/mol. The van der Waals surface area contributed by atoms with Gasteiger partial charge in [0, 0.05) is 19.6 Å². The Morgan fingerprint density at radius 2 is 1.96 bits per heavy atom. The highest BCUT2D eigenvalue weighted by Gasteiger charge is 2.57. The lowest BCUT2D eigenvalue weighted by atomic mass is 9.94. The lowest BCUT2D eigenvalue weighted by Crippen LogP contribution is -2.53. The van der Waals surface area contributed by atoms with Crippen LogP contribution in [0.3, 0.4) is 0 Å². The van der Waals surface area contributed by atoms with Crippen LogP contribution in [0.2, 0.25) is 0 Å². The molecule has 1 aromatic rings. The van der Waals surface area contributed by atoms with Gasteiger partial charge in [-0.3, -0.25) is 14.5 Å². The fraction of sp³-hybridized carbons (Fsp3) is 0.600. The third-order valence-electron chi connectivity index (χ3n) is 5.82. The maximum Gasteiger partial charge on any atom is 0.326 e. The van der Waals surface area contributed by atoms with Gasteiger partial charge in [-0.05, 0) is 50.3 Å². The summed E-state index contributed by atoms with van der Waals surface area (Å²) in [5.41, 5.74) is 0.480. The van der Waals surface area contributed by atoms with Crippen molar-refractivity contribution < 1.29 is 19.1 Å². The number of fused-ring (bicyclic) bond motifs is 1. The molecule has 6 heteroatoms. The van der Waals surface area contributed by atoms with E-state index in [1.807, 2.05) is 36.1 Å². The van der Waals surface area contributed by atoms with Crippen molar-refractivity contribution in [2.45, 2.75) is 50.7 Å². The van der Waals surface area contributed by atoms with E-state index in [0.29, 0.717) is 25.9 Å². The number of nitrogens with zero attached hydrogens (tertiary/aromatic N) is 2. The number of amides is 1. The summed E-state index contributed by atoms with van der Waals surface area (Å²) in [6, 6.07) is 7.56. The van der Waals surface area contributed by atoms with Crippen molar-refractivity contribution in [1.29, 1.82) is 0 Å². The molecule has 2 aliphatic heterocycles. The molecule has 0 aliphatic carbocycles. The van der Waals surface area contributed by atoms with Crippen molar-refractivity contribution in [3.05, 3.63) is 29.8 Å². The van der Waals surface area contributed by atoms with Gasteiger partial charge in [0.05, 0.1) is 20.3 Å². The van der Waals surface area contributed by atoms with E-state index in [0.717, 1.165) is 30.7 Å². The quantitative estimate of drug-likeness (QED) is 0.728. The van der Waals surface area contributed by atoms with E-state index in [4.69, 9.17) is 9.47 Å². The SMILES string of the molecule is CCN(Cc1ccc(OC)cc1)C(=O)[C@H]1CC[C@]2(C(=O)OC)CCCN12. The molecular formula is C20H28N2O4. The van der Waals surface area contributed by atoms with Gasteiger partial charge in [-0.1, -0.05) is 12.1 Å². The Morgan fingerprint density at radius 1 is 1.23 bits per heavy atom. The Balaban J connectivity index is 1.73. The largest absolute Gasteiger partial charge is 0.497 e. The first-order valence-corrected chi connectivity index (χ1v) is 9.32. The van der Waals surface area contributed by atoms with Crippen LogP contribution in [-0.4, -0.2) is 60.6 Å². The number of carbonyl (C=O) groups excluding carboxylic acids is 2. The molecular weight excluding hydrogens is 332 g/mol. The highest BCUT2D eigenvalue weighted by atomic mass is 16.5. The second-order valence-corrected chi connectivity index (χ2v) is 7.08. The number of ether oxygens (including phenoxy) is 2. The fourth-order valence-corrected chi connectivity index (χ4v) is 4.43. The van der Waals surface area contributed by atoms with Crippen molar-refractivity contribution in [1.82, 2.24) is 9.80 Å². The Morgan fingerprint density at radius 3 is 2.58 bits per heavy atom. The summed E-state index contributed by atoms with van der Waals surface area (Å²) in [6.07, 6.45) is 3.14. The molecule has 0 radical (unpaired) electrons. The Labute approximate surface area is 155 Å². The molecule has 2 aliphatic rings. The number of esters is 1. The number of likely N-dealkylation sites (N-methyl/N-ethyl adjacent to an activating group) is 1. The van der Waals surface area contributed by atoms with Crippen LogP contribution < -0.4 is 4.74 Å².